The minimum Gasteiger partial charge on any atom is -0.756 e. The van der Waals surface area contributed by atoms with Gasteiger partial charge in [-0.05, 0) is 47.9 Å². The Balaban J connectivity index is 1.64. The van der Waals surface area contributed by atoms with Crippen molar-refractivity contribution in [3.8, 4) is 0 Å². The first-order valence-corrected chi connectivity index (χ1v) is 24.6. The molecule has 1 unspecified atom stereocenters. The molecule has 0 amide bonds. The maximum absolute atomic E-state index is 13.3. The zero-order valence-corrected chi connectivity index (χ0v) is 39.8. The highest BCUT2D eigenvalue weighted by molar-refractivity contribution is 14.1. The van der Waals surface area contributed by atoms with E-state index in [0.717, 1.165) is 44.9 Å². The molecule has 0 saturated heterocycles. The van der Waals surface area contributed by atoms with Gasteiger partial charge >= 0.3 is 29.7 Å². The minimum atomic E-state index is -4.70. The molecule has 1 aliphatic rings. The number of quaternary nitrogens is 1. The lowest BCUT2D eigenvalue weighted by atomic mass is 10.0. The van der Waals surface area contributed by atoms with Crippen molar-refractivity contribution in [3.63, 3.8) is 0 Å². The summed E-state index contributed by atoms with van der Waals surface area (Å²) < 4.78 is 79.4. The van der Waals surface area contributed by atoms with Crippen LogP contribution in [-0.4, -0.2) is 82.2 Å². The van der Waals surface area contributed by atoms with Crippen LogP contribution in [0.5, 0.6) is 0 Å². The number of rotatable bonds is 36. The van der Waals surface area contributed by atoms with Crippen molar-refractivity contribution < 1.29 is 64.8 Å². The van der Waals surface area contributed by atoms with Crippen LogP contribution in [0, 0.1) is 3.57 Å². The van der Waals surface area contributed by atoms with Gasteiger partial charge in [0.25, 0.3) is 7.82 Å². The molecule has 0 aliphatic carbocycles. The average molecular weight is 1000 g/mol. The largest absolute Gasteiger partial charge is 0.756 e. The third-order valence-electron chi connectivity index (χ3n) is 10.2. The molecule has 0 aromatic heterocycles. The summed E-state index contributed by atoms with van der Waals surface area (Å²) in [5.41, 5.74) is -1.99. The molecule has 0 bridgehead atoms. The highest BCUT2D eigenvalue weighted by Gasteiger charge is 2.65. The van der Waals surface area contributed by atoms with Gasteiger partial charge in [-0.25, -0.2) is 0 Å². The number of alkyl halides is 3. The van der Waals surface area contributed by atoms with E-state index in [4.69, 9.17) is 23.3 Å². The molecule has 1 aliphatic heterocycles. The van der Waals surface area contributed by atoms with Crippen molar-refractivity contribution in [2.24, 2.45) is 10.2 Å². The summed E-state index contributed by atoms with van der Waals surface area (Å²) in [6.45, 7) is 1.61. The zero-order valence-electron chi connectivity index (χ0n) is 36.8. The summed E-state index contributed by atoms with van der Waals surface area (Å²) in [7, 11) is 0.969. The van der Waals surface area contributed by atoms with Gasteiger partial charge in [-0.1, -0.05) is 122 Å². The predicted molar refractivity (Wildman–Crippen MR) is 232 cm³/mol. The van der Waals surface area contributed by atoms with Gasteiger partial charge in [-0.15, -0.1) is 10.2 Å². The van der Waals surface area contributed by atoms with E-state index in [-0.39, 0.29) is 44.6 Å². The van der Waals surface area contributed by atoms with Gasteiger partial charge in [0.1, 0.15) is 26.4 Å². The topological polar surface area (TPSA) is 162 Å². The Morgan fingerprint density at radius 1 is 0.738 bits per heavy atom. The van der Waals surface area contributed by atoms with Gasteiger partial charge in [0, 0.05) is 34.0 Å². The number of esters is 3. The van der Waals surface area contributed by atoms with Gasteiger partial charge in [-0.2, -0.15) is 13.2 Å². The normalized spacial score (nSPS) is 15.0. The number of halogens is 4. The molecule has 1 aromatic carbocycles. The fourth-order valence-electron chi connectivity index (χ4n) is 6.34. The van der Waals surface area contributed by atoms with Crippen molar-refractivity contribution in [2.75, 3.05) is 47.5 Å². The Labute approximate surface area is 374 Å². The van der Waals surface area contributed by atoms with E-state index in [1.165, 1.54) is 76.0 Å². The highest BCUT2D eigenvalue weighted by atomic mass is 127. The second-order valence-electron chi connectivity index (χ2n) is 16.8. The standard InChI is InChI=1S/C43H70F3IN3O10P/c1-5-6-7-8-9-10-11-12-13-14-15-18-22-25-40(52)57-33-37(34-59-61(54,55)58-30-29-50(2,3)4)60-41(53)26-23-20-17-16-19-21-24-39(51)56-32-35-27-28-36(31-38(35)47)42(48-49-42)43(44,45)46/h27-28,31,37H,5-26,29-30,32-34H2,1-4H3/t37-/m1/s1. The van der Waals surface area contributed by atoms with Crippen molar-refractivity contribution in [1.82, 2.24) is 0 Å². The lowest BCUT2D eigenvalue weighted by molar-refractivity contribution is -0.870. The van der Waals surface area contributed by atoms with E-state index in [1.54, 1.807) is 0 Å². The number of hydrogen-bond donors (Lipinski definition) is 0. The van der Waals surface area contributed by atoms with Gasteiger partial charge < -0.3 is 32.6 Å². The van der Waals surface area contributed by atoms with Crippen LogP contribution in [0.1, 0.15) is 159 Å². The second kappa shape index (κ2) is 29.3. The Bertz CT molecular complexity index is 1520. The number of unbranched alkanes of at least 4 members (excludes halogenated alkanes) is 17. The monoisotopic (exact) mass is 1000 g/mol. The second-order valence-corrected chi connectivity index (χ2v) is 19.4. The molecule has 13 nitrogen and oxygen atoms in total. The number of ether oxygens (including phenoxy) is 3. The SMILES string of the molecule is CCCCCCCCCCCCCCCC(=O)OC[C@H](COP(=O)([O-])OCC[N+](C)(C)C)OC(=O)CCCCCCCCC(=O)OCc1ccc(C2(C(F)(F)F)N=N2)cc1I. The molecule has 1 aromatic rings. The Morgan fingerprint density at radius 2 is 1.21 bits per heavy atom. The number of carbonyl (C=O) groups excluding carboxylic acids is 3. The summed E-state index contributed by atoms with van der Waals surface area (Å²) >= 11 is 1.90. The first-order chi connectivity index (χ1) is 28.9. The summed E-state index contributed by atoms with van der Waals surface area (Å²) in [4.78, 5) is 49.9. The van der Waals surface area contributed by atoms with Crippen LogP contribution in [0.3, 0.4) is 0 Å². The van der Waals surface area contributed by atoms with Crippen LogP contribution >= 0.6 is 30.4 Å². The van der Waals surface area contributed by atoms with E-state index in [1.807, 2.05) is 43.7 Å². The predicted octanol–water partition coefficient (Wildman–Crippen LogP) is 10.8. The first-order valence-electron chi connectivity index (χ1n) is 22.1. The fourth-order valence-corrected chi connectivity index (χ4v) is 7.74. The molecule has 18 heteroatoms. The number of phosphoric ester groups is 1. The smallest absolute Gasteiger partial charge is 0.442 e. The number of likely N-dealkylation sites (N-methyl/N-ethyl adjacent to an activating group) is 1. The van der Waals surface area contributed by atoms with Crippen LogP contribution in [0.25, 0.3) is 0 Å². The fraction of sp³-hybridized carbons (Fsp3) is 0.791. The molecule has 61 heavy (non-hydrogen) atoms. The van der Waals surface area contributed by atoms with Gasteiger partial charge in [0.15, 0.2) is 6.10 Å². The van der Waals surface area contributed by atoms with Crippen molar-refractivity contribution in [1.29, 1.82) is 0 Å². The third kappa shape index (κ3) is 25.0. The molecule has 2 atom stereocenters. The minimum absolute atomic E-state index is 0.0590. The Hall–Kier alpha value is -2.18. The Kier molecular flexibility index (Phi) is 26.4. The summed E-state index contributed by atoms with van der Waals surface area (Å²) in [6, 6.07) is 4.13. The van der Waals surface area contributed by atoms with Gasteiger partial charge in [-0.3, -0.25) is 18.9 Å². The molecule has 1 heterocycles. The average Bonchev–Trinajstić information content (AvgIpc) is 4.01. The maximum atomic E-state index is 13.3. The summed E-state index contributed by atoms with van der Waals surface area (Å²) in [6.07, 6.45) is 14.4. The first kappa shape index (κ1) is 55.0. The summed E-state index contributed by atoms with van der Waals surface area (Å²) in [5, 5.41) is 6.43. The Morgan fingerprint density at radius 3 is 1.67 bits per heavy atom. The molecule has 350 valence electrons. The van der Waals surface area contributed by atoms with Crippen LogP contribution in [0.15, 0.2) is 28.4 Å². The van der Waals surface area contributed by atoms with Crippen LogP contribution < -0.4 is 4.89 Å². The van der Waals surface area contributed by atoms with Crippen molar-refractivity contribution in [3.05, 3.63) is 32.9 Å². The number of hydrogen-bond acceptors (Lipinski definition) is 12. The van der Waals surface area contributed by atoms with Crippen LogP contribution in [0.2, 0.25) is 0 Å². The number of benzene rings is 1. The molecule has 0 spiro atoms. The van der Waals surface area contributed by atoms with E-state index >= 15 is 0 Å². The van der Waals surface area contributed by atoms with E-state index in [0.29, 0.717) is 39.4 Å². The van der Waals surface area contributed by atoms with Crippen LogP contribution in [0.4, 0.5) is 13.2 Å². The molecule has 0 radical (unpaired) electrons. The number of carbonyl (C=O) groups is 3. The van der Waals surface area contributed by atoms with Gasteiger partial charge in [0.2, 0.25) is 0 Å². The lowest BCUT2D eigenvalue weighted by Gasteiger charge is -2.28. The quantitative estimate of drug-likeness (QED) is 0.0158. The van der Waals surface area contributed by atoms with E-state index < -0.39 is 50.3 Å². The maximum Gasteiger partial charge on any atom is 0.442 e. The van der Waals surface area contributed by atoms with E-state index in [2.05, 4.69) is 17.2 Å². The lowest BCUT2D eigenvalue weighted by Crippen LogP contribution is -2.37. The zero-order chi connectivity index (χ0) is 45.2. The molecule has 2 rings (SSSR count). The third-order valence-corrected chi connectivity index (χ3v) is 12.2. The number of phosphoric acid groups is 1. The summed E-state index contributed by atoms with van der Waals surface area (Å²) in [5.74, 6) is -1.43. The molecular formula is C43H70F3IN3O10P. The van der Waals surface area contributed by atoms with Gasteiger partial charge in [0.05, 0.1) is 27.7 Å². The molecule has 0 fully saturated rings. The molecule has 0 saturated carbocycles. The molecule has 0 N–H and O–H groups in total. The van der Waals surface area contributed by atoms with Crippen molar-refractivity contribution >= 4 is 48.3 Å². The number of nitrogens with zero attached hydrogens (tertiary/aromatic N) is 3. The van der Waals surface area contributed by atoms with Crippen molar-refractivity contribution in [2.45, 2.75) is 173 Å². The van der Waals surface area contributed by atoms with Crippen LogP contribution in [-0.2, 0) is 54.5 Å². The highest BCUT2D eigenvalue weighted by Crippen LogP contribution is 2.52. The van der Waals surface area contributed by atoms with E-state index in [9.17, 15) is 37.0 Å². The molecular weight excluding hydrogens is 933 g/mol.